The molecule has 0 atom stereocenters. The first kappa shape index (κ1) is 23.7. The van der Waals surface area contributed by atoms with Crippen molar-refractivity contribution in [1.29, 1.82) is 0 Å². The average Bonchev–Trinajstić information content (AvgIpc) is 2.88. The molecule has 2 aliphatic heterocycles. The summed E-state index contributed by atoms with van der Waals surface area (Å²) in [4.78, 5) is 41.8. The standard InChI is InChI=1S/C25H29FN4O4/c1-2-24(31)18-6-8-23(21(26)16-18)28-12-14-29(15-13-28)25(32)20-17-19(30(33)34)7-9-22(20)27-10-4-3-5-11-27/h6-9,16-17H,2-5,10-15H2,1H3. The summed E-state index contributed by atoms with van der Waals surface area (Å²) in [6.07, 6.45) is 3.50. The molecule has 34 heavy (non-hydrogen) atoms. The fraction of sp³-hybridized carbons (Fsp3) is 0.440. The quantitative estimate of drug-likeness (QED) is 0.357. The first-order chi connectivity index (χ1) is 16.4. The molecule has 1 amide bonds. The van der Waals surface area contributed by atoms with E-state index >= 15 is 0 Å². The Balaban J connectivity index is 1.50. The zero-order chi connectivity index (χ0) is 24.2. The SMILES string of the molecule is CCC(=O)c1ccc(N2CCN(C(=O)c3cc([N+](=O)[O-])ccc3N3CCCCC3)CC2)c(F)c1. The number of carbonyl (C=O) groups excluding carboxylic acids is 2. The minimum atomic E-state index is -0.482. The molecule has 2 saturated heterocycles. The number of amides is 1. The van der Waals surface area contributed by atoms with Crippen molar-refractivity contribution in [2.75, 3.05) is 49.1 Å². The Morgan fingerprint density at radius 2 is 1.56 bits per heavy atom. The molecule has 0 bridgehead atoms. The Labute approximate surface area is 198 Å². The van der Waals surface area contributed by atoms with Gasteiger partial charge in [0, 0.05) is 63.4 Å². The largest absolute Gasteiger partial charge is 0.371 e. The van der Waals surface area contributed by atoms with E-state index in [-0.39, 0.29) is 17.4 Å². The Bertz CT molecular complexity index is 1090. The maximum Gasteiger partial charge on any atom is 0.270 e. The lowest BCUT2D eigenvalue weighted by atomic mass is 10.0. The van der Waals surface area contributed by atoms with Crippen LogP contribution in [0.5, 0.6) is 0 Å². The van der Waals surface area contributed by atoms with Crippen LogP contribution in [0.4, 0.5) is 21.5 Å². The lowest BCUT2D eigenvalue weighted by Gasteiger charge is -2.37. The van der Waals surface area contributed by atoms with Crippen molar-refractivity contribution in [3.8, 4) is 0 Å². The van der Waals surface area contributed by atoms with E-state index < -0.39 is 10.7 Å². The van der Waals surface area contributed by atoms with Gasteiger partial charge in [-0.1, -0.05) is 6.92 Å². The van der Waals surface area contributed by atoms with Crippen LogP contribution in [0.25, 0.3) is 0 Å². The highest BCUT2D eigenvalue weighted by molar-refractivity contribution is 6.00. The second kappa shape index (κ2) is 10.2. The van der Waals surface area contributed by atoms with Gasteiger partial charge in [-0.2, -0.15) is 0 Å². The van der Waals surface area contributed by atoms with E-state index in [1.807, 2.05) is 4.90 Å². The predicted octanol–water partition coefficient (Wildman–Crippen LogP) is 4.28. The number of nitro benzene ring substituents is 1. The highest BCUT2D eigenvalue weighted by atomic mass is 19.1. The van der Waals surface area contributed by atoms with Crippen LogP contribution >= 0.6 is 0 Å². The van der Waals surface area contributed by atoms with Gasteiger partial charge in [-0.15, -0.1) is 0 Å². The molecule has 8 nitrogen and oxygen atoms in total. The van der Waals surface area contributed by atoms with E-state index in [0.717, 1.165) is 38.0 Å². The zero-order valence-electron chi connectivity index (χ0n) is 19.3. The van der Waals surface area contributed by atoms with Crippen LogP contribution in [-0.2, 0) is 0 Å². The fourth-order valence-corrected chi connectivity index (χ4v) is 4.68. The zero-order valence-corrected chi connectivity index (χ0v) is 19.3. The molecule has 0 unspecified atom stereocenters. The van der Waals surface area contributed by atoms with E-state index in [1.54, 1.807) is 30.0 Å². The van der Waals surface area contributed by atoms with Gasteiger partial charge in [-0.05, 0) is 43.5 Å². The normalized spacial score (nSPS) is 16.5. The first-order valence-electron chi connectivity index (χ1n) is 11.8. The molecule has 0 aromatic heterocycles. The van der Waals surface area contributed by atoms with E-state index in [2.05, 4.69) is 4.90 Å². The molecular weight excluding hydrogens is 439 g/mol. The van der Waals surface area contributed by atoms with Crippen molar-refractivity contribution in [2.45, 2.75) is 32.6 Å². The predicted molar refractivity (Wildman–Crippen MR) is 128 cm³/mol. The third-order valence-corrected chi connectivity index (χ3v) is 6.62. The van der Waals surface area contributed by atoms with Crippen LogP contribution in [0.2, 0.25) is 0 Å². The number of piperazine rings is 1. The molecule has 0 radical (unpaired) electrons. The lowest BCUT2D eigenvalue weighted by molar-refractivity contribution is -0.384. The number of non-ortho nitro benzene ring substituents is 1. The molecule has 2 heterocycles. The van der Waals surface area contributed by atoms with Crippen LogP contribution in [0.3, 0.4) is 0 Å². The molecule has 2 fully saturated rings. The van der Waals surface area contributed by atoms with Gasteiger partial charge in [-0.25, -0.2) is 4.39 Å². The van der Waals surface area contributed by atoms with Gasteiger partial charge in [0.1, 0.15) is 5.82 Å². The second-order valence-corrected chi connectivity index (χ2v) is 8.73. The number of hydrogen-bond acceptors (Lipinski definition) is 6. The van der Waals surface area contributed by atoms with Gasteiger partial charge >= 0.3 is 0 Å². The number of carbonyl (C=O) groups is 2. The Morgan fingerprint density at radius 1 is 0.912 bits per heavy atom. The summed E-state index contributed by atoms with van der Waals surface area (Å²) in [7, 11) is 0. The van der Waals surface area contributed by atoms with Gasteiger partial charge in [0.2, 0.25) is 0 Å². The van der Waals surface area contributed by atoms with Crippen molar-refractivity contribution >= 4 is 28.8 Å². The number of halogens is 1. The number of ketones is 1. The lowest BCUT2D eigenvalue weighted by Crippen LogP contribution is -2.49. The maximum atomic E-state index is 14.7. The van der Waals surface area contributed by atoms with E-state index in [0.29, 0.717) is 49.4 Å². The molecule has 4 rings (SSSR count). The molecule has 0 aliphatic carbocycles. The number of Topliss-reactive ketones (excluding diaryl/α,β-unsaturated/α-hetero) is 1. The minimum absolute atomic E-state index is 0.105. The van der Waals surface area contributed by atoms with Crippen LogP contribution in [0, 0.1) is 15.9 Å². The summed E-state index contributed by atoms with van der Waals surface area (Å²) in [6, 6.07) is 9.03. The van der Waals surface area contributed by atoms with Gasteiger partial charge in [0.25, 0.3) is 11.6 Å². The number of hydrogen-bond donors (Lipinski definition) is 0. The smallest absolute Gasteiger partial charge is 0.270 e. The van der Waals surface area contributed by atoms with E-state index in [4.69, 9.17) is 0 Å². The van der Waals surface area contributed by atoms with Crippen molar-refractivity contribution in [3.63, 3.8) is 0 Å². The third kappa shape index (κ3) is 4.88. The molecule has 0 spiro atoms. The molecule has 2 aliphatic rings. The number of rotatable bonds is 6. The molecule has 2 aromatic carbocycles. The monoisotopic (exact) mass is 468 g/mol. The summed E-state index contributed by atoms with van der Waals surface area (Å²) in [5.41, 5.74) is 1.74. The highest BCUT2D eigenvalue weighted by Crippen LogP contribution is 2.30. The van der Waals surface area contributed by atoms with Crippen molar-refractivity contribution in [3.05, 3.63) is 63.5 Å². The Hall–Kier alpha value is -3.49. The van der Waals surface area contributed by atoms with Crippen LogP contribution in [0.15, 0.2) is 36.4 Å². The maximum absolute atomic E-state index is 14.7. The Morgan fingerprint density at radius 3 is 2.18 bits per heavy atom. The van der Waals surface area contributed by atoms with Crippen molar-refractivity contribution in [2.24, 2.45) is 0 Å². The summed E-state index contributed by atoms with van der Waals surface area (Å²) in [5, 5.41) is 11.4. The number of anilines is 2. The third-order valence-electron chi connectivity index (χ3n) is 6.62. The summed E-state index contributed by atoms with van der Waals surface area (Å²) < 4.78 is 14.7. The van der Waals surface area contributed by atoms with E-state index in [1.165, 1.54) is 18.2 Å². The van der Waals surface area contributed by atoms with Crippen molar-refractivity contribution in [1.82, 2.24) is 4.90 Å². The second-order valence-electron chi connectivity index (χ2n) is 8.73. The molecule has 9 heteroatoms. The number of nitro groups is 1. The van der Waals surface area contributed by atoms with Gasteiger partial charge in [0.15, 0.2) is 5.78 Å². The van der Waals surface area contributed by atoms with Gasteiger partial charge in [-0.3, -0.25) is 19.7 Å². The van der Waals surface area contributed by atoms with Gasteiger partial charge in [0.05, 0.1) is 21.9 Å². The van der Waals surface area contributed by atoms with Gasteiger partial charge < -0.3 is 14.7 Å². The molecule has 180 valence electrons. The summed E-state index contributed by atoms with van der Waals surface area (Å²) in [6.45, 7) is 4.98. The number of benzene rings is 2. The topological polar surface area (TPSA) is 87.0 Å². The minimum Gasteiger partial charge on any atom is -0.371 e. The van der Waals surface area contributed by atoms with Crippen LogP contribution in [0.1, 0.15) is 53.3 Å². The highest BCUT2D eigenvalue weighted by Gasteiger charge is 2.28. The summed E-state index contributed by atoms with van der Waals surface area (Å²) >= 11 is 0. The van der Waals surface area contributed by atoms with Crippen LogP contribution in [-0.4, -0.2) is 60.8 Å². The Kier molecular flexibility index (Phi) is 7.09. The molecular formula is C25H29FN4O4. The molecule has 0 saturated carbocycles. The number of piperidine rings is 1. The van der Waals surface area contributed by atoms with Crippen molar-refractivity contribution < 1.29 is 18.9 Å². The summed E-state index contributed by atoms with van der Waals surface area (Å²) in [5.74, 6) is -0.805. The first-order valence-corrected chi connectivity index (χ1v) is 11.8. The fourth-order valence-electron chi connectivity index (χ4n) is 4.68. The number of nitrogens with zero attached hydrogens (tertiary/aromatic N) is 4. The van der Waals surface area contributed by atoms with Crippen LogP contribution < -0.4 is 9.80 Å². The van der Waals surface area contributed by atoms with E-state index in [9.17, 15) is 24.1 Å². The molecule has 2 aromatic rings. The molecule has 0 N–H and O–H groups in total. The average molecular weight is 469 g/mol.